The highest BCUT2D eigenvalue weighted by Gasteiger charge is 2.23. The standard InChI is InChI=1S/C22H22FN3O5/c1-2-30-21(28)25-11-9-24(10-12-25)14-26-18-8-7-15(13-19(18)31-22(26)29)20(27)16-5-3-4-6-17(16)23/h3-8,13H,2,9-12,14H2,1H3. The van der Waals surface area contributed by atoms with Gasteiger partial charge in [0.1, 0.15) is 5.82 Å². The minimum Gasteiger partial charge on any atom is -0.450 e. The number of amides is 1. The number of rotatable bonds is 5. The van der Waals surface area contributed by atoms with E-state index in [1.807, 2.05) is 4.90 Å². The van der Waals surface area contributed by atoms with Crippen molar-refractivity contribution in [2.75, 3.05) is 32.8 Å². The second-order valence-corrected chi connectivity index (χ2v) is 7.23. The van der Waals surface area contributed by atoms with Crippen LogP contribution in [0.4, 0.5) is 9.18 Å². The Hall–Kier alpha value is -3.46. The summed E-state index contributed by atoms with van der Waals surface area (Å²) < 4.78 is 25.8. The van der Waals surface area contributed by atoms with Crippen LogP contribution in [0.3, 0.4) is 0 Å². The Labute approximate surface area is 177 Å². The Bertz CT molecular complexity index is 1180. The van der Waals surface area contributed by atoms with Gasteiger partial charge in [0.25, 0.3) is 0 Å². The Morgan fingerprint density at radius 3 is 2.55 bits per heavy atom. The van der Waals surface area contributed by atoms with Gasteiger partial charge in [-0.25, -0.2) is 14.0 Å². The molecule has 1 saturated heterocycles. The van der Waals surface area contributed by atoms with Crippen LogP contribution in [0.2, 0.25) is 0 Å². The average Bonchev–Trinajstić information content (AvgIpc) is 3.08. The van der Waals surface area contributed by atoms with Gasteiger partial charge >= 0.3 is 11.8 Å². The second kappa shape index (κ2) is 8.73. The van der Waals surface area contributed by atoms with Gasteiger partial charge in [-0.2, -0.15) is 0 Å². The average molecular weight is 427 g/mol. The SMILES string of the molecule is CCOC(=O)N1CCN(Cn2c(=O)oc3cc(C(=O)c4ccccc4F)ccc32)CC1. The number of halogens is 1. The van der Waals surface area contributed by atoms with E-state index in [0.29, 0.717) is 45.0 Å². The van der Waals surface area contributed by atoms with Crippen LogP contribution in [-0.4, -0.2) is 59.0 Å². The van der Waals surface area contributed by atoms with E-state index in [4.69, 9.17) is 9.15 Å². The topological polar surface area (TPSA) is 85.0 Å². The summed E-state index contributed by atoms with van der Waals surface area (Å²) >= 11 is 0. The molecule has 1 aliphatic heterocycles. The summed E-state index contributed by atoms with van der Waals surface area (Å²) in [5.74, 6) is -1.63. The van der Waals surface area contributed by atoms with Crippen molar-refractivity contribution < 1.29 is 23.1 Å². The molecule has 9 heteroatoms. The van der Waals surface area contributed by atoms with Crippen LogP contribution >= 0.6 is 0 Å². The van der Waals surface area contributed by atoms with Gasteiger partial charge < -0.3 is 14.1 Å². The third kappa shape index (κ3) is 4.22. The molecule has 0 N–H and O–H groups in total. The molecule has 0 spiro atoms. The molecule has 1 amide bonds. The highest BCUT2D eigenvalue weighted by Crippen LogP contribution is 2.20. The molecular formula is C22H22FN3O5. The first-order valence-electron chi connectivity index (χ1n) is 10.0. The number of hydrogen-bond acceptors (Lipinski definition) is 6. The lowest BCUT2D eigenvalue weighted by molar-refractivity contribution is 0.0705. The first kappa shape index (κ1) is 20.8. The molecule has 0 radical (unpaired) electrons. The number of fused-ring (bicyclic) bond motifs is 1. The van der Waals surface area contributed by atoms with Crippen molar-refractivity contribution in [2.45, 2.75) is 13.6 Å². The summed E-state index contributed by atoms with van der Waals surface area (Å²) in [5.41, 5.74) is 1.00. The highest BCUT2D eigenvalue weighted by molar-refractivity contribution is 6.10. The summed E-state index contributed by atoms with van der Waals surface area (Å²) in [6.07, 6.45) is -0.333. The third-order valence-corrected chi connectivity index (χ3v) is 5.29. The molecule has 0 atom stereocenters. The van der Waals surface area contributed by atoms with Crippen LogP contribution in [0.25, 0.3) is 11.1 Å². The number of ketones is 1. The molecule has 8 nitrogen and oxygen atoms in total. The predicted molar refractivity (Wildman–Crippen MR) is 110 cm³/mol. The van der Waals surface area contributed by atoms with Crippen molar-refractivity contribution in [3.8, 4) is 0 Å². The van der Waals surface area contributed by atoms with Gasteiger partial charge in [-0.3, -0.25) is 14.3 Å². The quantitative estimate of drug-likeness (QED) is 0.582. The van der Waals surface area contributed by atoms with Gasteiger partial charge in [0.15, 0.2) is 11.4 Å². The minimum atomic E-state index is -0.603. The van der Waals surface area contributed by atoms with E-state index in [0.717, 1.165) is 0 Å². The van der Waals surface area contributed by atoms with Crippen molar-refractivity contribution in [1.29, 1.82) is 0 Å². The van der Waals surface area contributed by atoms with Crippen molar-refractivity contribution >= 4 is 23.0 Å². The van der Waals surface area contributed by atoms with E-state index < -0.39 is 17.4 Å². The number of carbonyl (C=O) groups is 2. The van der Waals surface area contributed by atoms with Gasteiger partial charge in [0.2, 0.25) is 0 Å². The van der Waals surface area contributed by atoms with Gasteiger partial charge in [-0.15, -0.1) is 0 Å². The number of ether oxygens (including phenoxy) is 1. The number of hydrogen-bond donors (Lipinski definition) is 0. The molecule has 3 aromatic rings. The summed E-state index contributed by atoms with van der Waals surface area (Å²) in [6.45, 7) is 4.57. The van der Waals surface area contributed by atoms with E-state index >= 15 is 0 Å². The fourth-order valence-corrected chi connectivity index (χ4v) is 3.63. The van der Waals surface area contributed by atoms with Gasteiger partial charge in [-0.05, 0) is 37.3 Å². The maximum atomic E-state index is 14.0. The zero-order valence-electron chi connectivity index (χ0n) is 17.0. The lowest BCUT2D eigenvalue weighted by Gasteiger charge is -2.33. The fraction of sp³-hybridized carbons (Fsp3) is 0.318. The van der Waals surface area contributed by atoms with Crippen LogP contribution in [-0.2, 0) is 11.4 Å². The molecule has 4 rings (SSSR count). The number of piperazine rings is 1. The van der Waals surface area contributed by atoms with Gasteiger partial charge in [0.05, 0.1) is 24.4 Å². The van der Waals surface area contributed by atoms with Gasteiger partial charge in [-0.1, -0.05) is 12.1 Å². The summed E-state index contributed by atoms with van der Waals surface area (Å²) in [6, 6.07) is 10.4. The molecule has 162 valence electrons. The summed E-state index contributed by atoms with van der Waals surface area (Å²) in [7, 11) is 0. The Balaban J connectivity index is 1.51. The maximum Gasteiger partial charge on any atom is 0.421 e. The van der Waals surface area contributed by atoms with Crippen LogP contribution in [0, 0.1) is 5.82 Å². The zero-order chi connectivity index (χ0) is 22.0. The first-order valence-corrected chi connectivity index (χ1v) is 10.0. The van der Waals surface area contributed by atoms with Crippen molar-refractivity contribution in [2.24, 2.45) is 0 Å². The molecule has 0 saturated carbocycles. The molecule has 2 aromatic carbocycles. The largest absolute Gasteiger partial charge is 0.450 e. The van der Waals surface area contributed by atoms with Gasteiger partial charge in [0, 0.05) is 31.7 Å². The normalized spacial score (nSPS) is 14.7. The number of benzene rings is 2. The Kier molecular flexibility index (Phi) is 5.85. The van der Waals surface area contributed by atoms with Crippen LogP contribution < -0.4 is 5.76 Å². The molecule has 31 heavy (non-hydrogen) atoms. The highest BCUT2D eigenvalue weighted by atomic mass is 19.1. The smallest absolute Gasteiger partial charge is 0.421 e. The lowest BCUT2D eigenvalue weighted by Crippen LogP contribution is -2.49. The molecular weight excluding hydrogens is 405 g/mol. The first-order chi connectivity index (χ1) is 15.0. The summed E-state index contributed by atoms with van der Waals surface area (Å²) in [4.78, 5) is 40.5. The number of oxazole rings is 1. The molecule has 0 bridgehead atoms. The molecule has 0 unspecified atom stereocenters. The van der Waals surface area contributed by atoms with E-state index in [1.54, 1.807) is 30.0 Å². The van der Waals surface area contributed by atoms with Crippen molar-refractivity contribution in [3.05, 3.63) is 70.0 Å². The zero-order valence-corrected chi connectivity index (χ0v) is 17.0. The lowest BCUT2D eigenvalue weighted by atomic mass is 10.0. The van der Waals surface area contributed by atoms with Crippen LogP contribution in [0.5, 0.6) is 0 Å². The van der Waals surface area contributed by atoms with E-state index in [2.05, 4.69) is 0 Å². The number of nitrogens with zero attached hydrogens (tertiary/aromatic N) is 3. The van der Waals surface area contributed by atoms with E-state index in [9.17, 15) is 18.8 Å². The van der Waals surface area contributed by atoms with E-state index in [-0.39, 0.29) is 22.8 Å². The predicted octanol–water partition coefficient (Wildman–Crippen LogP) is 2.70. The Morgan fingerprint density at radius 2 is 1.84 bits per heavy atom. The van der Waals surface area contributed by atoms with Crippen molar-refractivity contribution in [3.63, 3.8) is 0 Å². The monoisotopic (exact) mass is 427 g/mol. The third-order valence-electron chi connectivity index (χ3n) is 5.29. The molecule has 2 heterocycles. The molecule has 1 aromatic heterocycles. The number of carbonyl (C=O) groups excluding carboxylic acids is 2. The Morgan fingerprint density at radius 1 is 1.10 bits per heavy atom. The molecule has 0 aliphatic carbocycles. The van der Waals surface area contributed by atoms with Crippen molar-refractivity contribution in [1.82, 2.24) is 14.4 Å². The minimum absolute atomic E-state index is 0.0388. The fourth-order valence-electron chi connectivity index (χ4n) is 3.63. The second-order valence-electron chi connectivity index (χ2n) is 7.23. The van der Waals surface area contributed by atoms with Crippen LogP contribution in [0.15, 0.2) is 51.7 Å². The maximum absolute atomic E-state index is 14.0. The summed E-state index contributed by atoms with van der Waals surface area (Å²) in [5, 5.41) is 0. The van der Waals surface area contributed by atoms with E-state index in [1.165, 1.54) is 28.8 Å². The molecule has 1 aliphatic rings. The molecule has 1 fully saturated rings. The van der Waals surface area contributed by atoms with Crippen LogP contribution in [0.1, 0.15) is 22.8 Å². The number of aromatic nitrogens is 1.